The molecule has 2 aromatic rings. The van der Waals surface area contributed by atoms with Crippen molar-refractivity contribution in [3.8, 4) is 0 Å². The molecule has 1 heterocycles. The monoisotopic (exact) mass is 252 g/mol. The van der Waals surface area contributed by atoms with Gasteiger partial charge in [0.05, 0.1) is 11.4 Å². The minimum atomic E-state index is 0.0249. The highest BCUT2D eigenvalue weighted by molar-refractivity contribution is 6.03. The molecule has 0 aromatic heterocycles. The normalized spacial score (nSPS) is 14.0. The van der Waals surface area contributed by atoms with Gasteiger partial charge in [-0.1, -0.05) is 23.8 Å². The molecule has 3 nitrogen and oxygen atoms in total. The summed E-state index contributed by atoms with van der Waals surface area (Å²) >= 11 is 0. The Hall–Kier alpha value is -2.29. The molecule has 1 N–H and O–H groups in total. The summed E-state index contributed by atoms with van der Waals surface area (Å²) in [5, 5.41) is 2.92. The fourth-order valence-electron chi connectivity index (χ4n) is 2.34. The zero-order valence-electron chi connectivity index (χ0n) is 11.1. The van der Waals surface area contributed by atoms with Crippen molar-refractivity contribution in [1.29, 1.82) is 0 Å². The van der Waals surface area contributed by atoms with Crippen LogP contribution in [0.5, 0.6) is 0 Å². The van der Waals surface area contributed by atoms with E-state index in [-0.39, 0.29) is 5.91 Å². The van der Waals surface area contributed by atoms with E-state index in [1.54, 1.807) is 0 Å². The standard InChI is InChI=1S/C16H16N2O/c1-11-3-6-13(7-4-11)18-10-16(19)17-14-8-5-12(2)9-15(14)18/h3-9H,10H2,1-2H3,(H,17,19). The lowest BCUT2D eigenvalue weighted by atomic mass is 10.1. The van der Waals surface area contributed by atoms with Crippen LogP contribution in [0.25, 0.3) is 0 Å². The Kier molecular flexibility index (Phi) is 2.75. The summed E-state index contributed by atoms with van der Waals surface area (Å²) in [6, 6.07) is 14.3. The van der Waals surface area contributed by atoms with Gasteiger partial charge in [-0.15, -0.1) is 0 Å². The molecule has 0 aliphatic carbocycles. The molecule has 0 saturated heterocycles. The minimum Gasteiger partial charge on any atom is -0.330 e. The van der Waals surface area contributed by atoms with Crippen LogP contribution >= 0.6 is 0 Å². The number of nitrogens with zero attached hydrogens (tertiary/aromatic N) is 1. The molecule has 96 valence electrons. The summed E-state index contributed by atoms with van der Waals surface area (Å²) in [6.45, 7) is 4.48. The summed E-state index contributed by atoms with van der Waals surface area (Å²) < 4.78 is 0. The van der Waals surface area contributed by atoms with Crippen LogP contribution in [0, 0.1) is 13.8 Å². The predicted molar refractivity (Wildman–Crippen MR) is 78.0 cm³/mol. The molecule has 0 fully saturated rings. The average Bonchev–Trinajstić information content (AvgIpc) is 2.39. The number of nitrogens with one attached hydrogen (secondary N) is 1. The van der Waals surface area contributed by atoms with Crippen LogP contribution in [0.1, 0.15) is 11.1 Å². The SMILES string of the molecule is Cc1ccc(N2CC(=O)Nc3ccc(C)cc32)cc1. The molecule has 3 heteroatoms. The van der Waals surface area contributed by atoms with Crippen molar-refractivity contribution >= 4 is 23.0 Å². The predicted octanol–water partition coefficient (Wildman–Crippen LogP) is 3.39. The first kappa shape index (κ1) is 11.8. The second-order valence-electron chi connectivity index (χ2n) is 4.99. The minimum absolute atomic E-state index is 0.0249. The van der Waals surface area contributed by atoms with Crippen molar-refractivity contribution in [2.75, 3.05) is 16.8 Å². The van der Waals surface area contributed by atoms with Crippen LogP contribution in [0.3, 0.4) is 0 Å². The smallest absolute Gasteiger partial charge is 0.244 e. The lowest BCUT2D eigenvalue weighted by molar-refractivity contribution is -0.115. The molecule has 0 bridgehead atoms. The fourth-order valence-corrected chi connectivity index (χ4v) is 2.34. The quantitative estimate of drug-likeness (QED) is 0.843. The number of rotatable bonds is 1. The fraction of sp³-hybridized carbons (Fsp3) is 0.188. The maximum Gasteiger partial charge on any atom is 0.244 e. The van der Waals surface area contributed by atoms with Crippen LogP contribution in [0.4, 0.5) is 17.1 Å². The van der Waals surface area contributed by atoms with Crippen LogP contribution in [0.2, 0.25) is 0 Å². The number of carbonyl (C=O) groups excluding carboxylic acids is 1. The van der Waals surface area contributed by atoms with E-state index >= 15 is 0 Å². The summed E-state index contributed by atoms with van der Waals surface area (Å²) in [7, 11) is 0. The van der Waals surface area contributed by atoms with E-state index in [4.69, 9.17) is 0 Å². The Labute approximate surface area is 112 Å². The van der Waals surface area contributed by atoms with Gasteiger partial charge in [-0.25, -0.2) is 0 Å². The number of aryl methyl sites for hydroxylation is 2. The van der Waals surface area contributed by atoms with E-state index in [0.29, 0.717) is 6.54 Å². The first-order valence-electron chi connectivity index (χ1n) is 6.38. The van der Waals surface area contributed by atoms with Crippen LogP contribution in [-0.2, 0) is 4.79 Å². The molecule has 19 heavy (non-hydrogen) atoms. The number of anilines is 3. The van der Waals surface area contributed by atoms with Gasteiger partial charge in [-0.2, -0.15) is 0 Å². The van der Waals surface area contributed by atoms with Crippen molar-refractivity contribution in [1.82, 2.24) is 0 Å². The Morgan fingerprint density at radius 2 is 1.68 bits per heavy atom. The van der Waals surface area contributed by atoms with E-state index in [0.717, 1.165) is 17.1 Å². The zero-order valence-corrected chi connectivity index (χ0v) is 11.1. The van der Waals surface area contributed by atoms with Gasteiger partial charge in [-0.05, 0) is 43.7 Å². The van der Waals surface area contributed by atoms with Gasteiger partial charge >= 0.3 is 0 Å². The van der Waals surface area contributed by atoms with Crippen LogP contribution in [0.15, 0.2) is 42.5 Å². The zero-order chi connectivity index (χ0) is 13.4. The van der Waals surface area contributed by atoms with Gasteiger partial charge in [0.1, 0.15) is 6.54 Å². The lowest BCUT2D eigenvalue weighted by Crippen LogP contribution is -2.35. The summed E-state index contributed by atoms with van der Waals surface area (Å²) in [6.07, 6.45) is 0. The third kappa shape index (κ3) is 2.19. The molecule has 0 unspecified atom stereocenters. The molecule has 2 aromatic carbocycles. The van der Waals surface area contributed by atoms with Crippen molar-refractivity contribution < 1.29 is 4.79 Å². The lowest BCUT2D eigenvalue weighted by Gasteiger charge is -2.31. The molecule has 0 spiro atoms. The van der Waals surface area contributed by atoms with E-state index in [9.17, 15) is 4.79 Å². The van der Waals surface area contributed by atoms with E-state index in [2.05, 4.69) is 54.4 Å². The largest absolute Gasteiger partial charge is 0.330 e. The van der Waals surface area contributed by atoms with E-state index in [1.165, 1.54) is 11.1 Å². The molecular weight excluding hydrogens is 236 g/mol. The summed E-state index contributed by atoms with van der Waals surface area (Å²) in [5.74, 6) is 0.0249. The third-order valence-corrected chi connectivity index (χ3v) is 3.37. The first-order chi connectivity index (χ1) is 9.13. The van der Waals surface area contributed by atoms with E-state index < -0.39 is 0 Å². The molecular formula is C16H16N2O. The molecule has 1 aliphatic rings. The average molecular weight is 252 g/mol. The Bertz CT molecular complexity index is 632. The third-order valence-electron chi connectivity index (χ3n) is 3.37. The highest BCUT2D eigenvalue weighted by Crippen LogP contribution is 2.35. The number of hydrogen-bond donors (Lipinski definition) is 1. The topological polar surface area (TPSA) is 32.3 Å². The van der Waals surface area contributed by atoms with Gasteiger partial charge in [0.25, 0.3) is 0 Å². The molecule has 0 radical (unpaired) electrons. The van der Waals surface area contributed by atoms with Crippen LogP contribution < -0.4 is 10.2 Å². The van der Waals surface area contributed by atoms with E-state index in [1.807, 2.05) is 12.1 Å². The first-order valence-corrected chi connectivity index (χ1v) is 6.38. The molecule has 3 rings (SSSR count). The Balaban J connectivity index is 2.09. The summed E-state index contributed by atoms with van der Waals surface area (Å²) in [5.41, 5.74) is 5.39. The van der Waals surface area contributed by atoms with Gasteiger partial charge in [-0.3, -0.25) is 4.79 Å². The summed E-state index contributed by atoms with van der Waals surface area (Å²) in [4.78, 5) is 13.9. The van der Waals surface area contributed by atoms with Gasteiger partial charge in [0.2, 0.25) is 5.91 Å². The number of carbonyl (C=O) groups is 1. The number of amides is 1. The molecule has 0 saturated carbocycles. The van der Waals surface area contributed by atoms with Crippen molar-refractivity contribution in [2.45, 2.75) is 13.8 Å². The Morgan fingerprint density at radius 3 is 2.42 bits per heavy atom. The van der Waals surface area contributed by atoms with Crippen molar-refractivity contribution in [3.05, 3.63) is 53.6 Å². The van der Waals surface area contributed by atoms with Crippen molar-refractivity contribution in [2.24, 2.45) is 0 Å². The molecule has 1 aliphatic heterocycles. The Morgan fingerprint density at radius 1 is 1.00 bits per heavy atom. The van der Waals surface area contributed by atoms with Crippen molar-refractivity contribution in [3.63, 3.8) is 0 Å². The maximum atomic E-state index is 11.8. The molecule has 0 atom stereocenters. The second-order valence-corrected chi connectivity index (χ2v) is 4.99. The highest BCUT2D eigenvalue weighted by atomic mass is 16.2. The van der Waals surface area contributed by atoms with Gasteiger partial charge in [0.15, 0.2) is 0 Å². The maximum absolute atomic E-state index is 11.8. The number of benzene rings is 2. The highest BCUT2D eigenvalue weighted by Gasteiger charge is 2.22. The van der Waals surface area contributed by atoms with Crippen LogP contribution in [-0.4, -0.2) is 12.5 Å². The van der Waals surface area contributed by atoms with Gasteiger partial charge in [0, 0.05) is 5.69 Å². The number of fused-ring (bicyclic) bond motifs is 1. The molecule has 1 amide bonds. The number of hydrogen-bond acceptors (Lipinski definition) is 2. The second kappa shape index (κ2) is 4.43. The van der Waals surface area contributed by atoms with Gasteiger partial charge < -0.3 is 10.2 Å².